The lowest BCUT2D eigenvalue weighted by atomic mass is 10.2. The zero-order chi connectivity index (χ0) is 14.2. The number of nitrogens with two attached hydrogens (primary N) is 1. The molecule has 0 aliphatic heterocycles. The molecule has 5 nitrogen and oxygen atoms in total. The number of rotatable bonds is 2. The van der Waals surface area contributed by atoms with Gasteiger partial charge in [0.2, 0.25) is 0 Å². The normalized spacial score (nSPS) is 11.6. The Kier molecular flexibility index (Phi) is 3.47. The van der Waals surface area contributed by atoms with Gasteiger partial charge in [0.25, 0.3) is 0 Å². The number of nitrogens with zero attached hydrogens (tertiary/aromatic N) is 3. The van der Waals surface area contributed by atoms with Crippen molar-refractivity contribution in [1.82, 2.24) is 14.8 Å². The second-order valence-corrected chi connectivity index (χ2v) is 4.83. The van der Waals surface area contributed by atoms with E-state index in [2.05, 4.69) is 10.1 Å². The SMILES string of the molecule is N=C(N)c1ccc(C(F)(F)F)nc1-n1cc(I)cn1. The van der Waals surface area contributed by atoms with Gasteiger partial charge in [-0.3, -0.25) is 5.41 Å². The number of hydrogen-bond donors (Lipinski definition) is 2. The number of nitrogens with one attached hydrogen (secondary N) is 1. The lowest BCUT2D eigenvalue weighted by Gasteiger charge is -2.11. The third-order valence-corrected chi connectivity index (χ3v) is 2.78. The largest absolute Gasteiger partial charge is 0.433 e. The molecule has 0 aliphatic rings. The van der Waals surface area contributed by atoms with Crippen molar-refractivity contribution < 1.29 is 13.2 Å². The van der Waals surface area contributed by atoms with E-state index in [9.17, 15) is 13.2 Å². The quantitative estimate of drug-likeness (QED) is 0.476. The Hall–Kier alpha value is -1.65. The molecule has 0 unspecified atom stereocenters. The van der Waals surface area contributed by atoms with Crippen molar-refractivity contribution in [2.45, 2.75) is 6.18 Å². The van der Waals surface area contributed by atoms with Crippen molar-refractivity contribution >= 4 is 28.4 Å². The van der Waals surface area contributed by atoms with Crippen LogP contribution in [0.4, 0.5) is 13.2 Å². The molecule has 0 spiro atoms. The van der Waals surface area contributed by atoms with Crippen LogP contribution in [0.2, 0.25) is 0 Å². The minimum atomic E-state index is -4.57. The summed E-state index contributed by atoms with van der Waals surface area (Å²) in [5, 5.41) is 11.3. The number of halogens is 4. The van der Waals surface area contributed by atoms with Crippen LogP contribution in [0.25, 0.3) is 5.82 Å². The molecule has 19 heavy (non-hydrogen) atoms. The van der Waals surface area contributed by atoms with Gasteiger partial charge in [0.05, 0.1) is 15.3 Å². The monoisotopic (exact) mass is 381 g/mol. The van der Waals surface area contributed by atoms with Crippen LogP contribution in [-0.4, -0.2) is 20.6 Å². The average Bonchev–Trinajstić information content (AvgIpc) is 2.73. The second kappa shape index (κ2) is 4.79. The Morgan fingerprint density at radius 2 is 2.05 bits per heavy atom. The number of pyridine rings is 1. The smallest absolute Gasteiger partial charge is 0.384 e. The Balaban J connectivity index is 2.64. The molecule has 0 saturated heterocycles. The van der Waals surface area contributed by atoms with E-state index in [1.54, 1.807) is 0 Å². The molecule has 100 valence electrons. The van der Waals surface area contributed by atoms with Crippen molar-refractivity contribution in [2.75, 3.05) is 0 Å². The molecule has 0 bridgehead atoms. The molecule has 0 aliphatic carbocycles. The highest BCUT2D eigenvalue weighted by Crippen LogP contribution is 2.29. The van der Waals surface area contributed by atoms with E-state index < -0.39 is 11.9 Å². The molecular weight excluding hydrogens is 374 g/mol. The molecule has 2 aromatic rings. The van der Waals surface area contributed by atoms with Gasteiger partial charge in [-0.1, -0.05) is 0 Å². The van der Waals surface area contributed by atoms with E-state index in [0.29, 0.717) is 0 Å². The Morgan fingerprint density at radius 1 is 1.37 bits per heavy atom. The standard InChI is InChI=1S/C10H7F3IN5/c11-10(12,13)7-2-1-6(8(15)16)9(18-7)19-4-5(14)3-17-19/h1-4H,(H3,15,16). The molecule has 0 amide bonds. The van der Waals surface area contributed by atoms with Gasteiger partial charge in [-0.15, -0.1) is 0 Å². The molecule has 0 aromatic carbocycles. The van der Waals surface area contributed by atoms with Crippen LogP contribution < -0.4 is 5.73 Å². The third kappa shape index (κ3) is 2.85. The average molecular weight is 381 g/mol. The van der Waals surface area contributed by atoms with Gasteiger partial charge in [0.15, 0.2) is 5.82 Å². The number of nitrogen functional groups attached to an aromatic ring is 1. The number of hydrogen-bond acceptors (Lipinski definition) is 3. The summed E-state index contributed by atoms with van der Waals surface area (Å²) in [4.78, 5) is 3.50. The van der Waals surface area contributed by atoms with Crippen molar-refractivity contribution in [3.63, 3.8) is 0 Å². The minimum Gasteiger partial charge on any atom is -0.384 e. The summed E-state index contributed by atoms with van der Waals surface area (Å²) >= 11 is 1.96. The van der Waals surface area contributed by atoms with E-state index in [0.717, 1.165) is 20.4 Å². The van der Waals surface area contributed by atoms with Crippen molar-refractivity contribution in [3.8, 4) is 5.82 Å². The fourth-order valence-corrected chi connectivity index (χ4v) is 1.80. The van der Waals surface area contributed by atoms with Crippen LogP contribution in [0.5, 0.6) is 0 Å². The van der Waals surface area contributed by atoms with E-state index in [-0.39, 0.29) is 17.2 Å². The van der Waals surface area contributed by atoms with Gasteiger partial charge >= 0.3 is 6.18 Å². The van der Waals surface area contributed by atoms with Gasteiger partial charge in [-0.2, -0.15) is 18.3 Å². The van der Waals surface area contributed by atoms with Gasteiger partial charge in [0, 0.05) is 6.20 Å². The lowest BCUT2D eigenvalue weighted by Crippen LogP contribution is -2.19. The van der Waals surface area contributed by atoms with Gasteiger partial charge in [-0.25, -0.2) is 9.67 Å². The number of amidine groups is 1. The summed E-state index contributed by atoms with van der Waals surface area (Å²) < 4.78 is 39.8. The summed E-state index contributed by atoms with van der Waals surface area (Å²) in [5.74, 6) is -0.494. The molecular formula is C10H7F3IN5. The first kappa shape index (κ1) is 13.8. The Morgan fingerprint density at radius 3 is 2.53 bits per heavy atom. The molecule has 0 saturated carbocycles. The predicted octanol–water partition coefficient (Wildman–Crippen LogP) is 2.17. The summed E-state index contributed by atoms with van der Waals surface area (Å²) in [6.45, 7) is 0. The second-order valence-electron chi connectivity index (χ2n) is 3.58. The fraction of sp³-hybridized carbons (Fsp3) is 0.100. The van der Waals surface area contributed by atoms with Crippen LogP contribution in [0.3, 0.4) is 0 Å². The van der Waals surface area contributed by atoms with Gasteiger partial charge < -0.3 is 5.73 Å². The van der Waals surface area contributed by atoms with Crippen molar-refractivity contribution in [3.05, 3.63) is 39.4 Å². The maximum Gasteiger partial charge on any atom is 0.433 e. The number of aromatic nitrogens is 3. The lowest BCUT2D eigenvalue weighted by molar-refractivity contribution is -0.141. The Labute approximate surface area is 119 Å². The van der Waals surface area contributed by atoms with Crippen molar-refractivity contribution in [2.24, 2.45) is 5.73 Å². The first-order valence-corrected chi connectivity index (χ1v) is 6.00. The molecule has 2 rings (SSSR count). The molecule has 0 atom stereocenters. The van der Waals surface area contributed by atoms with Crippen LogP contribution in [-0.2, 0) is 6.18 Å². The van der Waals surface area contributed by atoms with Gasteiger partial charge in [-0.05, 0) is 34.7 Å². The molecule has 0 fully saturated rings. The summed E-state index contributed by atoms with van der Waals surface area (Å²) in [7, 11) is 0. The number of alkyl halides is 3. The molecule has 2 aromatic heterocycles. The highest BCUT2D eigenvalue weighted by molar-refractivity contribution is 14.1. The van der Waals surface area contributed by atoms with E-state index >= 15 is 0 Å². The van der Waals surface area contributed by atoms with Crippen LogP contribution in [0, 0.1) is 8.98 Å². The fourth-order valence-electron chi connectivity index (χ4n) is 1.41. The van der Waals surface area contributed by atoms with Crippen LogP contribution >= 0.6 is 22.6 Å². The molecule has 3 N–H and O–H groups in total. The van der Waals surface area contributed by atoms with Gasteiger partial charge in [0.1, 0.15) is 11.5 Å². The zero-order valence-corrected chi connectivity index (χ0v) is 11.4. The maximum atomic E-state index is 12.6. The molecule has 2 heterocycles. The maximum absolute atomic E-state index is 12.6. The first-order valence-electron chi connectivity index (χ1n) is 4.92. The zero-order valence-electron chi connectivity index (χ0n) is 9.24. The topological polar surface area (TPSA) is 80.6 Å². The van der Waals surface area contributed by atoms with E-state index in [1.165, 1.54) is 12.4 Å². The molecule has 0 radical (unpaired) electrons. The third-order valence-electron chi connectivity index (χ3n) is 2.22. The predicted molar refractivity (Wildman–Crippen MR) is 70.1 cm³/mol. The first-order chi connectivity index (χ1) is 8.79. The summed E-state index contributed by atoms with van der Waals surface area (Å²) in [6.07, 6.45) is -1.60. The van der Waals surface area contributed by atoms with Crippen LogP contribution in [0.1, 0.15) is 11.3 Å². The minimum absolute atomic E-state index is 0.0903. The van der Waals surface area contributed by atoms with Crippen LogP contribution in [0.15, 0.2) is 24.5 Å². The van der Waals surface area contributed by atoms with E-state index in [1.807, 2.05) is 22.6 Å². The summed E-state index contributed by atoms with van der Waals surface area (Å²) in [5.41, 5.74) is 4.37. The Bertz CT molecular complexity index is 634. The molecule has 9 heteroatoms. The van der Waals surface area contributed by atoms with Crippen molar-refractivity contribution in [1.29, 1.82) is 5.41 Å². The van der Waals surface area contributed by atoms with E-state index in [4.69, 9.17) is 11.1 Å². The highest BCUT2D eigenvalue weighted by Gasteiger charge is 2.33. The summed E-state index contributed by atoms with van der Waals surface area (Å²) in [6, 6.07) is 1.90. The highest BCUT2D eigenvalue weighted by atomic mass is 127.